The Morgan fingerprint density at radius 2 is 1.83 bits per heavy atom. The van der Waals surface area contributed by atoms with Crippen LogP contribution in [0.2, 0.25) is 0 Å². The summed E-state index contributed by atoms with van der Waals surface area (Å²) in [4.78, 5) is 2.47. The number of nitrogens with zero attached hydrogens (tertiary/aromatic N) is 2. The van der Waals surface area contributed by atoms with Crippen LogP contribution in [0, 0.1) is 11.3 Å². The maximum atomic E-state index is 8.33. The molecule has 2 nitrogen and oxygen atoms in total. The Balaban J connectivity index is 0.00000121. The van der Waals surface area contributed by atoms with E-state index in [2.05, 4.69) is 11.0 Å². The monoisotopic (exact) mass is 232 g/mol. The van der Waals surface area contributed by atoms with Crippen molar-refractivity contribution in [3.8, 4) is 6.07 Å². The van der Waals surface area contributed by atoms with Gasteiger partial charge in [-0.3, -0.25) is 0 Å². The molecule has 0 aromatic carbocycles. The Morgan fingerprint density at radius 3 is 2.42 bits per heavy atom. The van der Waals surface area contributed by atoms with Crippen molar-refractivity contribution in [2.75, 3.05) is 19.6 Å². The van der Waals surface area contributed by atoms with Crippen LogP contribution in [0.25, 0.3) is 0 Å². The molecule has 0 atom stereocenters. The number of hydrogen-bond donors (Lipinski definition) is 0. The van der Waals surface area contributed by atoms with Gasteiger partial charge in [0.2, 0.25) is 0 Å². The van der Waals surface area contributed by atoms with Crippen molar-refractivity contribution < 1.29 is 0 Å². The van der Waals surface area contributed by atoms with E-state index < -0.39 is 0 Å². The van der Waals surface area contributed by atoms with Crippen LogP contribution >= 0.6 is 17.0 Å². The van der Waals surface area contributed by atoms with Crippen molar-refractivity contribution >= 4 is 17.0 Å². The predicted molar refractivity (Wildman–Crippen MR) is 55.5 cm³/mol. The standard InChI is InChI=1S/C9H16N2.BrH/c10-6-2-5-9-11-7-3-1-4-8-11;/h1-5,7-9H2;1H. The number of likely N-dealkylation sites (tertiary alicyclic amines) is 1. The lowest BCUT2D eigenvalue weighted by Crippen LogP contribution is -2.30. The number of hydrogen-bond acceptors (Lipinski definition) is 2. The quantitative estimate of drug-likeness (QED) is 0.699. The third-order valence-corrected chi connectivity index (χ3v) is 2.21. The van der Waals surface area contributed by atoms with Gasteiger partial charge in [0.15, 0.2) is 0 Å². The molecule has 12 heavy (non-hydrogen) atoms. The van der Waals surface area contributed by atoms with Gasteiger partial charge in [0.1, 0.15) is 0 Å². The minimum absolute atomic E-state index is 0. The van der Waals surface area contributed by atoms with Gasteiger partial charge in [-0.2, -0.15) is 5.26 Å². The minimum Gasteiger partial charge on any atom is -0.303 e. The van der Waals surface area contributed by atoms with Crippen molar-refractivity contribution in [3.63, 3.8) is 0 Å². The zero-order valence-corrected chi connectivity index (χ0v) is 9.17. The molecule has 3 heteroatoms. The Labute approximate surface area is 85.3 Å². The molecule has 1 heterocycles. The molecule has 0 N–H and O–H groups in total. The molecule has 0 aliphatic carbocycles. The number of halogens is 1. The lowest BCUT2D eigenvalue weighted by atomic mass is 10.1. The molecule has 0 spiro atoms. The van der Waals surface area contributed by atoms with E-state index in [0.717, 1.165) is 19.4 Å². The molecular weight excluding hydrogens is 216 g/mol. The molecule has 1 saturated heterocycles. The van der Waals surface area contributed by atoms with E-state index in [1.807, 2.05) is 0 Å². The van der Waals surface area contributed by atoms with E-state index in [1.54, 1.807) is 0 Å². The highest BCUT2D eigenvalue weighted by molar-refractivity contribution is 8.93. The molecule has 0 saturated carbocycles. The molecule has 0 unspecified atom stereocenters. The molecular formula is C9H17BrN2. The van der Waals surface area contributed by atoms with Gasteiger partial charge in [-0.1, -0.05) is 6.42 Å². The first-order valence-corrected chi connectivity index (χ1v) is 4.53. The minimum atomic E-state index is 0. The topological polar surface area (TPSA) is 27.0 Å². The highest BCUT2D eigenvalue weighted by atomic mass is 79.9. The van der Waals surface area contributed by atoms with Crippen LogP contribution in [0.5, 0.6) is 0 Å². The highest BCUT2D eigenvalue weighted by Crippen LogP contribution is 2.08. The fourth-order valence-electron chi connectivity index (χ4n) is 1.56. The van der Waals surface area contributed by atoms with Crippen LogP contribution in [0.4, 0.5) is 0 Å². The van der Waals surface area contributed by atoms with Gasteiger partial charge in [-0.15, -0.1) is 17.0 Å². The first kappa shape index (κ1) is 11.9. The number of unbranched alkanes of at least 4 members (excludes halogenated alkanes) is 1. The molecule has 1 fully saturated rings. The zero-order chi connectivity index (χ0) is 7.94. The van der Waals surface area contributed by atoms with Crippen molar-refractivity contribution in [1.29, 1.82) is 5.26 Å². The van der Waals surface area contributed by atoms with Crippen LogP contribution < -0.4 is 0 Å². The van der Waals surface area contributed by atoms with Crippen molar-refractivity contribution in [1.82, 2.24) is 4.90 Å². The smallest absolute Gasteiger partial charge is 0.0622 e. The summed E-state index contributed by atoms with van der Waals surface area (Å²) >= 11 is 0. The van der Waals surface area contributed by atoms with Crippen LogP contribution in [-0.4, -0.2) is 24.5 Å². The molecule has 1 aliphatic heterocycles. The van der Waals surface area contributed by atoms with E-state index in [0.29, 0.717) is 0 Å². The van der Waals surface area contributed by atoms with Gasteiger partial charge >= 0.3 is 0 Å². The Bertz CT molecular complexity index is 136. The maximum Gasteiger partial charge on any atom is 0.0622 e. The summed E-state index contributed by atoms with van der Waals surface area (Å²) in [5.74, 6) is 0. The summed E-state index contributed by atoms with van der Waals surface area (Å²) in [7, 11) is 0. The van der Waals surface area contributed by atoms with E-state index >= 15 is 0 Å². The van der Waals surface area contributed by atoms with E-state index in [9.17, 15) is 0 Å². The molecule has 0 aromatic rings. The molecule has 70 valence electrons. The average molecular weight is 233 g/mol. The third-order valence-electron chi connectivity index (χ3n) is 2.21. The van der Waals surface area contributed by atoms with Gasteiger partial charge in [0.25, 0.3) is 0 Å². The largest absolute Gasteiger partial charge is 0.303 e. The summed E-state index contributed by atoms with van der Waals surface area (Å²) in [5.41, 5.74) is 0. The lowest BCUT2D eigenvalue weighted by molar-refractivity contribution is 0.227. The average Bonchev–Trinajstić information content (AvgIpc) is 2.07. The molecule has 0 amide bonds. The van der Waals surface area contributed by atoms with Crippen molar-refractivity contribution in [2.45, 2.75) is 32.1 Å². The molecule has 0 bridgehead atoms. The van der Waals surface area contributed by atoms with Gasteiger partial charge in [-0.05, 0) is 38.9 Å². The fraction of sp³-hybridized carbons (Fsp3) is 0.889. The molecule has 0 radical (unpaired) electrons. The van der Waals surface area contributed by atoms with Crippen LogP contribution in [-0.2, 0) is 0 Å². The Kier molecular flexibility index (Phi) is 7.53. The Morgan fingerprint density at radius 1 is 1.17 bits per heavy atom. The normalized spacial score (nSPS) is 17.9. The first-order valence-electron chi connectivity index (χ1n) is 4.53. The van der Waals surface area contributed by atoms with Gasteiger partial charge < -0.3 is 4.90 Å². The number of piperidine rings is 1. The molecule has 0 aromatic heterocycles. The lowest BCUT2D eigenvalue weighted by Gasteiger charge is -2.25. The number of nitriles is 1. The van der Waals surface area contributed by atoms with E-state index in [4.69, 9.17) is 5.26 Å². The van der Waals surface area contributed by atoms with Crippen LogP contribution in [0.1, 0.15) is 32.1 Å². The van der Waals surface area contributed by atoms with Crippen LogP contribution in [0.3, 0.4) is 0 Å². The molecule has 1 aliphatic rings. The number of rotatable bonds is 3. The van der Waals surface area contributed by atoms with Gasteiger partial charge in [0, 0.05) is 6.42 Å². The Hall–Kier alpha value is -0.0700. The highest BCUT2D eigenvalue weighted by Gasteiger charge is 2.08. The van der Waals surface area contributed by atoms with Crippen molar-refractivity contribution in [2.24, 2.45) is 0 Å². The van der Waals surface area contributed by atoms with Gasteiger partial charge in [0.05, 0.1) is 6.07 Å². The summed E-state index contributed by atoms with van der Waals surface area (Å²) in [6.07, 6.45) is 5.88. The summed E-state index contributed by atoms with van der Waals surface area (Å²) in [5, 5.41) is 8.33. The van der Waals surface area contributed by atoms with E-state index in [-0.39, 0.29) is 17.0 Å². The SMILES string of the molecule is Br.N#CCCCN1CCCCC1. The maximum absolute atomic E-state index is 8.33. The first-order chi connectivity index (χ1) is 5.43. The van der Waals surface area contributed by atoms with Gasteiger partial charge in [-0.25, -0.2) is 0 Å². The summed E-state index contributed by atoms with van der Waals surface area (Å²) in [6.45, 7) is 3.64. The summed E-state index contributed by atoms with van der Waals surface area (Å²) in [6, 6.07) is 2.18. The predicted octanol–water partition coefficient (Wildman–Crippen LogP) is 2.35. The summed E-state index contributed by atoms with van der Waals surface area (Å²) < 4.78 is 0. The van der Waals surface area contributed by atoms with Crippen molar-refractivity contribution in [3.05, 3.63) is 0 Å². The second-order valence-corrected chi connectivity index (χ2v) is 3.16. The second kappa shape index (κ2) is 7.57. The van der Waals surface area contributed by atoms with Crippen LogP contribution in [0.15, 0.2) is 0 Å². The second-order valence-electron chi connectivity index (χ2n) is 3.16. The fourth-order valence-corrected chi connectivity index (χ4v) is 1.56. The van der Waals surface area contributed by atoms with E-state index in [1.165, 1.54) is 32.4 Å². The molecule has 1 rings (SSSR count). The zero-order valence-electron chi connectivity index (χ0n) is 7.46. The third kappa shape index (κ3) is 4.74.